The topological polar surface area (TPSA) is 46.5 Å². The van der Waals surface area contributed by atoms with Crippen LogP contribution in [0.3, 0.4) is 0 Å². The summed E-state index contributed by atoms with van der Waals surface area (Å²) in [4.78, 5) is 10.6. The number of thiol groups is 1. The van der Waals surface area contributed by atoms with Crippen molar-refractivity contribution in [3.05, 3.63) is 71.8 Å². The first-order chi connectivity index (χ1) is 11.1. The molecule has 1 N–H and O–H groups in total. The van der Waals surface area contributed by atoms with Crippen LogP contribution in [0.2, 0.25) is 0 Å². The van der Waals surface area contributed by atoms with Gasteiger partial charge in [-0.3, -0.25) is 4.79 Å². The quantitative estimate of drug-likeness (QED) is 0.688. The third-order valence-electron chi connectivity index (χ3n) is 3.52. The normalized spacial score (nSPS) is 11.7. The van der Waals surface area contributed by atoms with Crippen molar-refractivity contribution in [1.82, 2.24) is 0 Å². The molecule has 0 aliphatic rings. The SMILES string of the molecule is C=Cc1ccc(COc2ccc(C(S)CCC(=O)O)cc2)cc1. The Bertz CT molecular complexity index is 647. The Balaban J connectivity index is 1.88. The van der Waals surface area contributed by atoms with Crippen LogP contribution in [0.4, 0.5) is 0 Å². The standard InChI is InChI=1S/C19H20O3S/c1-2-14-3-5-15(6-4-14)13-22-17-9-7-16(8-10-17)18(23)11-12-19(20)21/h2-10,18,23H,1,11-13H2,(H,20,21). The van der Waals surface area contributed by atoms with Gasteiger partial charge in [0.2, 0.25) is 0 Å². The van der Waals surface area contributed by atoms with Gasteiger partial charge in [0, 0.05) is 11.7 Å². The molecular weight excluding hydrogens is 308 g/mol. The Morgan fingerprint density at radius 3 is 2.39 bits per heavy atom. The van der Waals surface area contributed by atoms with Crippen LogP contribution in [0.1, 0.15) is 34.8 Å². The first kappa shape index (κ1) is 17.2. The maximum Gasteiger partial charge on any atom is 0.303 e. The monoisotopic (exact) mass is 328 g/mol. The van der Waals surface area contributed by atoms with Crippen molar-refractivity contribution in [2.75, 3.05) is 0 Å². The van der Waals surface area contributed by atoms with Gasteiger partial charge in [0.25, 0.3) is 0 Å². The fourth-order valence-corrected chi connectivity index (χ4v) is 2.43. The molecule has 2 aromatic carbocycles. The van der Waals surface area contributed by atoms with Crippen LogP contribution in [-0.4, -0.2) is 11.1 Å². The molecule has 3 nitrogen and oxygen atoms in total. The molecule has 0 heterocycles. The van der Waals surface area contributed by atoms with Crippen molar-refractivity contribution >= 4 is 24.7 Å². The highest BCUT2D eigenvalue weighted by atomic mass is 32.1. The molecule has 1 atom stereocenters. The minimum absolute atomic E-state index is 0.0772. The number of carbonyl (C=O) groups is 1. The van der Waals surface area contributed by atoms with Gasteiger partial charge in [-0.05, 0) is 35.2 Å². The molecule has 0 aromatic heterocycles. The Morgan fingerprint density at radius 2 is 1.83 bits per heavy atom. The number of carboxylic acids is 1. The van der Waals surface area contributed by atoms with E-state index in [-0.39, 0.29) is 11.7 Å². The number of benzene rings is 2. The van der Waals surface area contributed by atoms with Gasteiger partial charge in [-0.1, -0.05) is 49.1 Å². The van der Waals surface area contributed by atoms with Crippen LogP contribution in [-0.2, 0) is 11.4 Å². The third-order valence-corrected chi connectivity index (χ3v) is 4.07. The van der Waals surface area contributed by atoms with E-state index in [4.69, 9.17) is 9.84 Å². The second-order valence-electron chi connectivity index (χ2n) is 5.25. The summed E-state index contributed by atoms with van der Waals surface area (Å²) in [6.07, 6.45) is 2.43. The maximum atomic E-state index is 10.6. The molecule has 0 radical (unpaired) electrons. The van der Waals surface area contributed by atoms with Gasteiger partial charge in [0.05, 0.1) is 0 Å². The predicted molar refractivity (Wildman–Crippen MR) is 95.9 cm³/mol. The average Bonchev–Trinajstić information content (AvgIpc) is 2.58. The Morgan fingerprint density at radius 1 is 1.17 bits per heavy atom. The molecule has 2 rings (SSSR count). The summed E-state index contributed by atoms with van der Waals surface area (Å²) in [5.74, 6) is -0.0215. The molecule has 2 aromatic rings. The summed E-state index contributed by atoms with van der Waals surface area (Å²) >= 11 is 4.44. The second-order valence-corrected chi connectivity index (χ2v) is 5.87. The van der Waals surface area contributed by atoms with Gasteiger partial charge in [-0.25, -0.2) is 0 Å². The van der Waals surface area contributed by atoms with Gasteiger partial charge in [0.1, 0.15) is 12.4 Å². The van der Waals surface area contributed by atoms with Crippen molar-refractivity contribution in [2.24, 2.45) is 0 Å². The average molecular weight is 328 g/mol. The molecule has 4 heteroatoms. The smallest absolute Gasteiger partial charge is 0.303 e. The molecule has 0 aliphatic heterocycles. The Kier molecular flexibility index (Phi) is 6.29. The summed E-state index contributed by atoms with van der Waals surface area (Å²) in [6, 6.07) is 15.7. The number of aliphatic carboxylic acids is 1. The van der Waals surface area contributed by atoms with Crippen LogP contribution < -0.4 is 4.74 Å². The molecule has 0 saturated heterocycles. The lowest BCUT2D eigenvalue weighted by Gasteiger charge is -2.11. The zero-order valence-corrected chi connectivity index (χ0v) is 13.7. The number of ether oxygens (including phenoxy) is 1. The number of carboxylic acid groups (broad SMARTS) is 1. The molecule has 0 saturated carbocycles. The highest BCUT2D eigenvalue weighted by molar-refractivity contribution is 7.80. The lowest BCUT2D eigenvalue weighted by Crippen LogP contribution is -1.99. The van der Waals surface area contributed by atoms with Crippen LogP contribution in [0, 0.1) is 0 Å². The molecule has 120 valence electrons. The van der Waals surface area contributed by atoms with Crippen molar-refractivity contribution in [2.45, 2.75) is 24.7 Å². The van der Waals surface area contributed by atoms with Crippen LogP contribution in [0.25, 0.3) is 6.08 Å². The van der Waals surface area contributed by atoms with Gasteiger partial charge in [0.15, 0.2) is 0 Å². The van der Waals surface area contributed by atoms with E-state index in [0.717, 1.165) is 22.4 Å². The van der Waals surface area contributed by atoms with Crippen LogP contribution >= 0.6 is 12.6 Å². The zero-order chi connectivity index (χ0) is 16.7. The molecule has 0 aliphatic carbocycles. The van der Waals surface area contributed by atoms with E-state index < -0.39 is 5.97 Å². The van der Waals surface area contributed by atoms with E-state index in [1.165, 1.54) is 0 Å². The molecule has 0 fully saturated rings. The summed E-state index contributed by atoms with van der Waals surface area (Å²) in [6.45, 7) is 4.23. The van der Waals surface area contributed by atoms with Crippen LogP contribution in [0.5, 0.6) is 5.75 Å². The predicted octanol–water partition coefficient (Wildman–Crippen LogP) is 4.74. The highest BCUT2D eigenvalue weighted by Gasteiger charge is 2.09. The lowest BCUT2D eigenvalue weighted by atomic mass is 10.1. The zero-order valence-electron chi connectivity index (χ0n) is 12.8. The Labute approximate surface area is 142 Å². The van der Waals surface area contributed by atoms with Crippen molar-refractivity contribution in [1.29, 1.82) is 0 Å². The summed E-state index contributed by atoms with van der Waals surface area (Å²) in [5, 5.41) is 8.63. The first-order valence-electron chi connectivity index (χ1n) is 7.42. The Hall–Kier alpha value is -2.20. The van der Waals surface area contributed by atoms with Gasteiger partial charge in [-0.15, -0.1) is 0 Å². The van der Waals surface area contributed by atoms with Crippen LogP contribution in [0.15, 0.2) is 55.1 Å². The van der Waals surface area contributed by atoms with Gasteiger partial charge >= 0.3 is 5.97 Å². The third kappa shape index (κ3) is 5.49. The fraction of sp³-hybridized carbons (Fsp3) is 0.211. The van der Waals surface area contributed by atoms with E-state index in [1.54, 1.807) is 0 Å². The molecule has 23 heavy (non-hydrogen) atoms. The minimum atomic E-state index is -0.800. The molecule has 0 bridgehead atoms. The molecular formula is C19H20O3S. The van der Waals surface area contributed by atoms with E-state index in [2.05, 4.69) is 19.2 Å². The number of hydrogen-bond acceptors (Lipinski definition) is 3. The summed E-state index contributed by atoms with van der Waals surface area (Å²) in [5.41, 5.74) is 3.17. The number of rotatable bonds is 8. The molecule has 0 amide bonds. The molecule has 1 unspecified atom stereocenters. The highest BCUT2D eigenvalue weighted by Crippen LogP contribution is 2.27. The van der Waals surface area contributed by atoms with Gasteiger partial charge < -0.3 is 9.84 Å². The van der Waals surface area contributed by atoms with E-state index >= 15 is 0 Å². The lowest BCUT2D eigenvalue weighted by molar-refractivity contribution is -0.137. The summed E-state index contributed by atoms with van der Waals surface area (Å²) < 4.78 is 5.75. The molecule has 0 spiro atoms. The van der Waals surface area contributed by atoms with Crippen molar-refractivity contribution in [3.8, 4) is 5.75 Å². The summed E-state index contributed by atoms with van der Waals surface area (Å²) in [7, 11) is 0. The minimum Gasteiger partial charge on any atom is -0.489 e. The van der Waals surface area contributed by atoms with Crippen molar-refractivity contribution in [3.63, 3.8) is 0 Å². The van der Waals surface area contributed by atoms with Crippen molar-refractivity contribution < 1.29 is 14.6 Å². The van der Waals surface area contributed by atoms with E-state index in [1.807, 2.05) is 54.6 Å². The van der Waals surface area contributed by atoms with Gasteiger partial charge in [-0.2, -0.15) is 12.6 Å². The van der Waals surface area contributed by atoms with E-state index in [0.29, 0.717) is 13.0 Å². The first-order valence-corrected chi connectivity index (χ1v) is 7.94. The van der Waals surface area contributed by atoms with E-state index in [9.17, 15) is 4.79 Å². The maximum absolute atomic E-state index is 10.6. The number of hydrogen-bond donors (Lipinski definition) is 2. The fourth-order valence-electron chi connectivity index (χ4n) is 2.13. The largest absolute Gasteiger partial charge is 0.489 e. The second kappa shape index (κ2) is 8.44.